The van der Waals surface area contributed by atoms with Gasteiger partial charge in [0.25, 0.3) is 0 Å². The summed E-state index contributed by atoms with van der Waals surface area (Å²) in [5.41, 5.74) is 9.43. The fourth-order valence-corrected chi connectivity index (χ4v) is 5.69. The standard InChI is InChI=1S/C30H41N7O3/c1-19(2)29(39)36-18-26(22-7-9-24(10-8-22)35-13-11-34(4)12-14-35)37(17-20(36)3)30(40)28(38)33-23-15-25(21-5-6-21)27(31)32-16-23/h7-10,15-16,19-21,26H,5-6,11-14,17-18H2,1-4H3,(H2,31,32)(H,33,38)/t20-,26-/m1/s1. The number of nitrogen functional groups attached to an aromatic ring is 1. The highest BCUT2D eigenvalue weighted by Gasteiger charge is 2.40. The lowest BCUT2D eigenvalue weighted by Crippen LogP contribution is -2.59. The largest absolute Gasteiger partial charge is 0.383 e. The number of amides is 3. The molecule has 3 N–H and O–H groups in total. The van der Waals surface area contributed by atoms with Gasteiger partial charge in [0, 0.05) is 56.9 Å². The normalized spacial score (nSPS) is 22.0. The van der Waals surface area contributed by atoms with Crippen LogP contribution in [0.4, 0.5) is 17.2 Å². The number of hydrogen-bond acceptors (Lipinski definition) is 7. The summed E-state index contributed by atoms with van der Waals surface area (Å²) in [6.07, 6.45) is 3.59. The van der Waals surface area contributed by atoms with E-state index in [1.165, 1.54) is 6.20 Å². The lowest BCUT2D eigenvalue weighted by atomic mass is 9.97. The summed E-state index contributed by atoms with van der Waals surface area (Å²) in [5, 5.41) is 2.74. The van der Waals surface area contributed by atoms with Crippen LogP contribution in [0, 0.1) is 5.92 Å². The van der Waals surface area contributed by atoms with E-state index in [2.05, 4.69) is 39.3 Å². The zero-order chi connectivity index (χ0) is 28.6. The molecule has 40 heavy (non-hydrogen) atoms. The summed E-state index contributed by atoms with van der Waals surface area (Å²) < 4.78 is 0. The summed E-state index contributed by atoms with van der Waals surface area (Å²) >= 11 is 0. The van der Waals surface area contributed by atoms with E-state index in [-0.39, 0.29) is 24.4 Å². The molecule has 10 heteroatoms. The molecule has 5 rings (SSSR count). The van der Waals surface area contributed by atoms with Crippen LogP contribution in [0.5, 0.6) is 0 Å². The molecule has 3 aliphatic rings. The molecule has 1 saturated carbocycles. The fourth-order valence-electron chi connectivity index (χ4n) is 5.69. The van der Waals surface area contributed by atoms with Gasteiger partial charge in [-0.25, -0.2) is 4.98 Å². The number of nitrogens with one attached hydrogen (secondary N) is 1. The van der Waals surface area contributed by atoms with Crippen LogP contribution in [0.2, 0.25) is 0 Å². The van der Waals surface area contributed by atoms with Gasteiger partial charge in [0.2, 0.25) is 5.91 Å². The van der Waals surface area contributed by atoms with E-state index in [1.54, 1.807) is 4.90 Å². The molecule has 3 heterocycles. The number of nitrogens with zero attached hydrogens (tertiary/aromatic N) is 5. The number of aromatic nitrogens is 1. The van der Waals surface area contributed by atoms with Crippen LogP contribution in [0.25, 0.3) is 0 Å². The molecular weight excluding hydrogens is 506 g/mol. The average Bonchev–Trinajstić information content (AvgIpc) is 3.79. The second-order valence-corrected chi connectivity index (χ2v) is 11.8. The van der Waals surface area contributed by atoms with Crippen molar-refractivity contribution in [3.8, 4) is 0 Å². The lowest BCUT2D eigenvalue weighted by Gasteiger charge is -2.45. The zero-order valence-corrected chi connectivity index (χ0v) is 24.0. The van der Waals surface area contributed by atoms with E-state index in [1.807, 2.05) is 43.9 Å². The highest BCUT2D eigenvalue weighted by Crippen LogP contribution is 2.42. The van der Waals surface area contributed by atoms with Crippen LogP contribution < -0.4 is 16.0 Å². The minimum Gasteiger partial charge on any atom is -0.383 e. The Hall–Kier alpha value is -3.66. The maximum absolute atomic E-state index is 13.6. The van der Waals surface area contributed by atoms with Crippen molar-refractivity contribution < 1.29 is 14.4 Å². The number of piperazine rings is 2. The van der Waals surface area contributed by atoms with Crippen molar-refractivity contribution in [3.05, 3.63) is 47.7 Å². The second kappa shape index (κ2) is 11.4. The van der Waals surface area contributed by atoms with E-state index < -0.39 is 17.9 Å². The van der Waals surface area contributed by atoms with Gasteiger partial charge in [-0.1, -0.05) is 26.0 Å². The highest BCUT2D eigenvalue weighted by atomic mass is 16.2. The van der Waals surface area contributed by atoms with Gasteiger partial charge in [-0.15, -0.1) is 0 Å². The predicted molar refractivity (Wildman–Crippen MR) is 156 cm³/mol. The Morgan fingerprint density at radius 1 is 1.00 bits per heavy atom. The molecule has 10 nitrogen and oxygen atoms in total. The first kappa shape index (κ1) is 27.9. The van der Waals surface area contributed by atoms with Crippen LogP contribution in [-0.4, -0.2) is 89.8 Å². The number of likely N-dealkylation sites (N-methyl/N-ethyl adjacent to an activating group) is 1. The molecule has 3 fully saturated rings. The first-order valence-corrected chi connectivity index (χ1v) is 14.3. The molecule has 214 valence electrons. The maximum Gasteiger partial charge on any atom is 0.313 e. The summed E-state index contributed by atoms with van der Waals surface area (Å²) in [4.78, 5) is 52.3. The third-order valence-corrected chi connectivity index (χ3v) is 8.34. The molecule has 2 atom stereocenters. The molecule has 0 bridgehead atoms. The van der Waals surface area contributed by atoms with Gasteiger partial charge >= 0.3 is 11.8 Å². The first-order chi connectivity index (χ1) is 19.1. The molecule has 1 aromatic carbocycles. The van der Waals surface area contributed by atoms with E-state index in [0.29, 0.717) is 24.0 Å². The molecule has 2 saturated heterocycles. The van der Waals surface area contributed by atoms with Crippen molar-refractivity contribution in [1.29, 1.82) is 0 Å². The van der Waals surface area contributed by atoms with Crippen LogP contribution >= 0.6 is 0 Å². The number of carbonyl (C=O) groups excluding carboxylic acids is 3. The molecule has 1 aromatic heterocycles. The fraction of sp³-hybridized carbons (Fsp3) is 0.533. The summed E-state index contributed by atoms with van der Waals surface area (Å²) in [7, 11) is 2.13. The van der Waals surface area contributed by atoms with Crippen molar-refractivity contribution in [2.75, 3.05) is 62.3 Å². The van der Waals surface area contributed by atoms with Crippen LogP contribution in [0.3, 0.4) is 0 Å². The van der Waals surface area contributed by atoms with Crippen LogP contribution in [0.15, 0.2) is 36.5 Å². The second-order valence-electron chi connectivity index (χ2n) is 11.8. The number of benzene rings is 1. The van der Waals surface area contributed by atoms with Crippen molar-refractivity contribution in [2.24, 2.45) is 5.92 Å². The van der Waals surface area contributed by atoms with E-state index >= 15 is 0 Å². The Morgan fingerprint density at radius 3 is 2.30 bits per heavy atom. The minimum atomic E-state index is -0.719. The first-order valence-electron chi connectivity index (χ1n) is 14.3. The van der Waals surface area contributed by atoms with E-state index in [9.17, 15) is 14.4 Å². The molecule has 2 aliphatic heterocycles. The highest BCUT2D eigenvalue weighted by molar-refractivity contribution is 6.39. The van der Waals surface area contributed by atoms with Crippen molar-refractivity contribution in [2.45, 2.75) is 51.6 Å². The SMILES string of the molecule is CC(C)C(=O)N1C[C@H](c2ccc(N3CCN(C)CC3)cc2)N(C(=O)C(=O)Nc2cnc(N)c(C3CC3)c2)C[C@H]1C. The Morgan fingerprint density at radius 2 is 1.68 bits per heavy atom. The number of pyridine rings is 1. The maximum atomic E-state index is 13.6. The van der Waals surface area contributed by atoms with Crippen molar-refractivity contribution in [3.63, 3.8) is 0 Å². The van der Waals surface area contributed by atoms with Gasteiger partial charge in [-0.2, -0.15) is 0 Å². The predicted octanol–water partition coefficient (Wildman–Crippen LogP) is 2.69. The molecule has 3 amide bonds. The average molecular weight is 548 g/mol. The summed E-state index contributed by atoms with van der Waals surface area (Å²) in [6, 6.07) is 9.37. The quantitative estimate of drug-likeness (QED) is 0.553. The molecule has 0 spiro atoms. The Labute approximate surface area is 236 Å². The van der Waals surface area contributed by atoms with Gasteiger partial charge in [-0.3, -0.25) is 14.4 Å². The molecular formula is C30H41N7O3. The van der Waals surface area contributed by atoms with Crippen LogP contribution in [0.1, 0.15) is 56.7 Å². The van der Waals surface area contributed by atoms with Gasteiger partial charge < -0.3 is 30.7 Å². The smallest absolute Gasteiger partial charge is 0.313 e. The van der Waals surface area contributed by atoms with Crippen molar-refractivity contribution >= 4 is 34.9 Å². The van der Waals surface area contributed by atoms with Gasteiger partial charge in [0.05, 0.1) is 17.9 Å². The third kappa shape index (κ3) is 5.91. The van der Waals surface area contributed by atoms with Crippen LogP contribution in [-0.2, 0) is 14.4 Å². The lowest BCUT2D eigenvalue weighted by molar-refractivity contribution is -0.152. The number of carbonyl (C=O) groups is 3. The zero-order valence-electron chi connectivity index (χ0n) is 24.0. The molecule has 0 unspecified atom stereocenters. The van der Waals surface area contributed by atoms with E-state index in [0.717, 1.165) is 55.8 Å². The van der Waals surface area contributed by atoms with Gasteiger partial charge in [0.15, 0.2) is 0 Å². The molecule has 1 aliphatic carbocycles. The number of nitrogens with two attached hydrogens (primary N) is 1. The topological polar surface area (TPSA) is 115 Å². The Kier molecular flexibility index (Phi) is 7.98. The van der Waals surface area contributed by atoms with Gasteiger partial charge in [-0.05, 0) is 62.1 Å². The summed E-state index contributed by atoms with van der Waals surface area (Å²) in [6.45, 7) is 10.2. The number of anilines is 3. The number of hydrogen-bond donors (Lipinski definition) is 2. The molecule has 2 aromatic rings. The molecule has 0 radical (unpaired) electrons. The Bertz CT molecular complexity index is 1250. The van der Waals surface area contributed by atoms with E-state index in [4.69, 9.17) is 5.73 Å². The monoisotopic (exact) mass is 547 g/mol. The third-order valence-electron chi connectivity index (χ3n) is 8.34. The van der Waals surface area contributed by atoms with Crippen molar-refractivity contribution in [1.82, 2.24) is 19.7 Å². The minimum absolute atomic E-state index is 0.0451. The Balaban J connectivity index is 1.37. The number of rotatable bonds is 5. The van der Waals surface area contributed by atoms with Gasteiger partial charge in [0.1, 0.15) is 5.82 Å². The summed E-state index contributed by atoms with van der Waals surface area (Å²) in [5.74, 6) is -0.627.